The van der Waals surface area contributed by atoms with Crippen molar-refractivity contribution in [1.29, 1.82) is 0 Å². The van der Waals surface area contributed by atoms with Gasteiger partial charge in [0, 0.05) is 36.3 Å². The Balaban J connectivity index is 1.85. The van der Waals surface area contributed by atoms with Crippen molar-refractivity contribution in [2.75, 3.05) is 13.1 Å². The van der Waals surface area contributed by atoms with E-state index in [-0.39, 0.29) is 6.54 Å². The van der Waals surface area contributed by atoms with Gasteiger partial charge in [0.15, 0.2) is 0 Å². The van der Waals surface area contributed by atoms with Gasteiger partial charge in [-0.05, 0) is 12.1 Å². The summed E-state index contributed by atoms with van der Waals surface area (Å²) in [4.78, 5) is 18.7. The number of hydrogen-bond acceptors (Lipinski definition) is 6. The van der Waals surface area contributed by atoms with Crippen LogP contribution in [0.25, 0.3) is 10.6 Å². The molecule has 118 valence electrons. The van der Waals surface area contributed by atoms with Gasteiger partial charge >= 0.3 is 5.97 Å². The van der Waals surface area contributed by atoms with Gasteiger partial charge in [0.25, 0.3) is 10.2 Å². The molecule has 2 rings (SSSR count). The average molecular weight is 342 g/mol. The smallest absolute Gasteiger partial charge is 0.318 e. The molecule has 0 amide bonds. The zero-order valence-electron chi connectivity index (χ0n) is 11.4. The summed E-state index contributed by atoms with van der Waals surface area (Å²) in [5.74, 6) is -1.24. The first-order chi connectivity index (χ1) is 10.5. The third-order valence-electron chi connectivity index (χ3n) is 2.57. The molecule has 3 N–H and O–H groups in total. The van der Waals surface area contributed by atoms with E-state index in [0.717, 1.165) is 16.3 Å². The van der Waals surface area contributed by atoms with Gasteiger partial charge in [-0.15, -0.1) is 11.3 Å². The van der Waals surface area contributed by atoms with Crippen molar-refractivity contribution in [3.63, 3.8) is 0 Å². The Morgan fingerprint density at radius 3 is 2.68 bits per heavy atom. The minimum absolute atomic E-state index is 0.133. The van der Waals surface area contributed by atoms with Crippen molar-refractivity contribution in [3.05, 3.63) is 35.6 Å². The highest BCUT2D eigenvalue weighted by Crippen LogP contribution is 2.22. The van der Waals surface area contributed by atoms with Gasteiger partial charge in [0.05, 0.1) is 5.69 Å². The molecule has 10 heteroatoms. The molecule has 0 spiro atoms. The lowest BCUT2D eigenvalue weighted by atomic mass is 10.3. The summed E-state index contributed by atoms with van der Waals surface area (Å²) in [7, 11) is -3.81. The molecule has 0 radical (unpaired) electrons. The predicted octanol–water partition coefficient (Wildman–Crippen LogP) is 0.256. The minimum atomic E-state index is -3.81. The fraction of sp³-hybridized carbons (Fsp3) is 0.250. The Kier molecular flexibility index (Phi) is 5.55. The van der Waals surface area contributed by atoms with Crippen molar-refractivity contribution in [2.24, 2.45) is 0 Å². The van der Waals surface area contributed by atoms with Crippen LogP contribution >= 0.6 is 11.3 Å². The summed E-state index contributed by atoms with van der Waals surface area (Å²) in [6, 6.07) is 3.70. The van der Waals surface area contributed by atoms with Crippen LogP contribution in [0.4, 0.5) is 0 Å². The number of carboxylic acid groups (broad SMARTS) is 1. The Labute approximate surface area is 131 Å². The van der Waals surface area contributed by atoms with E-state index in [9.17, 15) is 13.2 Å². The Morgan fingerprint density at radius 2 is 2.00 bits per heavy atom. The predicted molar refractivity (Wildman–Crippen MR) is 81.6 cm³/mol. The lowest BCUT2D eigenvalue weighted by Crippen LogP contribution is -2.40. The summed E-state index contributed by atoms with van der Waals surface area (Å²) in [5.41, 5.74) is 1.72. The van der Waals surface area contributed by atoms with E-state index in [1.165, 1.54) is 11.3 Å². The van der Waals surface area contributed by atoms with Gasteiger partial charge in [0.2, 0.25) is 0 Å². The normalized spacial score (nSPS) is 11.5. The number of rotatable bonds is 8. The summed E-state index contributed by atoms with van der Waals surface area (Å²) >= 11 is 1.47. The molecule has 8 nitrogen and oxygen atoms in total. The van der Waals surface area contributed by atoms with Gasteiger partial charge in [0.1, 0.15) is 11.6 Å². The first kappa shape index (κ1) is 16.5. The maximum atomic E-state index is 11.4. The summed E-state index contributed by atoms with van der Waals surface area (Å²) in [6.45, 7) is -0.521. The van der Waals surface area contributed by atoms with Crippen LogP contribution in [0.2, 0.25) is 0 Å². The van der Waals surface area contributed by atoms with Crippen LogP contribution < -0.4 is 9.44 Å². The van der Waals surface area contributed by atoms with Crippen LogP contribution in [0.3, 0.4) is 0 Å². The molecule has 0 aliphatic carbocycles. The molecule has 0 aliphatic rings. The van der Waals surface area contributed by atoms with E-state index < -0.39 is 22.7 Å². The van der Waals surface area contributed by atoms with Crippen LogP contribution in [0, 0.1) is 0 Å². The van der Waals surface area contributed by atoms with Crippen molar-refractivity contribution in [2.45, 2.75) is 6.42 Å². The molecule has 0 bridgehead atoms. The second-order valence-corrected chi connectivity index (χ2v) is 6.68. The molecule has 0 saturated carbocycles. The molecule has 0 aliphatic heterocycles. The summed E-state index contributed by atoms with van der Waals surface area (Å²) < 4.78 is 27.1. The van der Waals surface area contributed by atoms with E-state index in [0.29, 0.717) is 6.42 Å². The Morgan fingerprint density at radius 1 is 1.27 bits per heavy atom. The summed E-state index contributed by atoms with van der Waals surface area (Å²) in [6.07, 6.45) is 3.77. The van der Waals surface area contributed by atoms with Crippen LogP contribution in [0.5, 0.6) is 0 Å². The van der Waals surface area contributed by atoms with Crippen molar-refractivity contribution in [1.82, 2.24) is 19.4 Å². The Hall–Kier alpha value is -1.88. The van der Waals surface area contributed by atoms with Gasteiger partial charge in [-0.3, -0.25) is 9.78 Å². The van der Waals surface area contributed by atoms with E-state index in [1.54, 1.807) is 12.4 Å². The van der Waals surface area contributed by atoms with Gasteiger partial charge in [-0.2, -0.15) is 13.1 Å². The zero-order chi connectivity index (χ0) is 16.0. The van der Waals surface area contributed by atoms with Crippen molar-refractivity contribution >= 4 is 27.5 Å². The van der Waals surface area contributed by atoms with Crippen LogP contribution in [0.1, 0.15) is 5.69 Å². The number of pyridine rings is 1. The second-order valence-electron chi connectivity index (χ2n) is 4.24. The minimum Gasteiger partial charge on any atom is -0.480 e. The maximum absolute atomic E-state index is 11.4. The molecule has 2 aromatic heterocycles. The molecular weight excluding hydrogens is 328 g/mol. The highest BCUT2D eigenvalue weighted by Gasteiger charge is 2.11. The molecule has 0 fully saturated rings. The number of aromatic nitrogens is 2. The maximum Gasteiger partial charge on any atom is 0.318 e. The topological polar surface area (TPSA) is 121 Å². The fourth-order valence-electron chi connectivity index (χ4n) is 1.57. The number of carbonyl (C=O) groups is 1. The monoisotopic (exact) mass is 342 g/mol. The average Bonchev–Trinajstić information content (AvgIpc) is 2.95. The molecule has 2 aromatic rings. The van der Waals surface area contributed by atoms with Crippen molar-refractivity contribution in [3.8, 4) is 10.6 Å². The second kappa shape index (κ2) is 7.40. The standard InChI is InChI=1S/C12H14N4O4S2/c17-11(18)7-15-22(19,20)14-6-3-10-8-21-12(16-10)9-1-4-13-5-2-9/h1-2,4-5,8,14-15H,3,6-7H2,(H,17,18). The lowest BCUT2D eigenvalue weighted by Gasteiger charge is -2.05. The van der Waals surface area contributed by atoms with Crippen molar-refractivity contribution < 1.29 is 18.3 Å². The number of thiazole rings is 1. The number of carboxylic acids is 1. The molecule has 0 saturated heterocycles. The van der Waals surface area contributed by atoms with Crippen LogP contribution in [0.15, 0.2) is 29.9 Å². The number of hydrogen-bond donors (Lipinski definition) is 3. The summed E-state index contributed by atoms with van der Waals surface area (Å²) in [5, 5.41) is 11.1. The third-order valence-corrected chi connectivity index (χ3v) is 4.61. The van der Waals surface area contributed by atoms with Crippen LogP contribution in [-0.2, 0) is 21.4 Å². The number of nitrogens with one attached hydrogen (secondary N) is 2. The largest absolute Gasteiger partial charge is 0.480 e. The third kappa shape index (κ3) is 5.15. The molecule has 2 heterocycles. The molecule has 0 aromatic carbocycles. The van der Waals surface area contributed by atoms with Crippen LogP contribution in [-0.4, -0.2) is 42.6 Å². The SMILES string of the molecule is O=C(O)CNS(=O)(=O)NCCc1csc(-c2ccncc2)n1. The molecule has 22 heavy (non-hydrogen) atoms. The lowest BCUT2D eigenvalue weighted by molar-refractivity contribution is -0.135. The highest BCUT2D eigenvalue weighted by molar-refractivity contribution is 7.87. The quantitative estimate of drug-likeness (QED) is 0.632. The zero-order valence-corrected chi connectivity index (χ0v) is 13.0. The first-order valence-corrected chi connectivity index (χ1v) is 8.63. The molecule has 0 unspecified atom stereocenters. The molecular formula is C12H14N4O4S2. The van der Waals surface area contributed by atoms with Gasteiger partial charge in [-0.1, -0.05) is 0 Å². The van der Waals surface area contributed by atoms with Gasteiger partial charge < -0.3 is 5.11 Å². The fourth-order valence-corrected chi connectivity index (χ4v) is 3.22. The van der Waals surface area contributed by atoms with E-state index in [4.69, 9.17) is 5.11 Å². The number of aliphatic carboxylic acids is 1. The highest BCUT2D eigenvalue weighted by atomic mass is 32.2. The molecule has 0 atom stereocenters. The van der Waals surface area contributed by atoms with E-state index in [1.807, 2.05) is 22.2 Å². The first-order valence-electron chi connectivity index (χ1n) is 6.27. The Bertz CT molecular complexity index is 731. The van der Waals surface area contributed by atoms with E-state index in [2.05, 4.69) is 14.7 Å². The number of nitrogens with zero attached hydrogens (tertiary/aromatic N) is 2. The van der Waals surface area contributed by atoms with E-state index >= 15 is 0 Å². The van der Waals surface area contributed by atoms with Gasteiger partial charge in [-0.25, -0.2) is 9.71 Å².